The molecule has 0 spiro atoms. The van der Waals surface area contributed by atoms with Crippen molar-refractivity contribution in [3.63, 3.8) is 0 Å². The Balaban J connectivity index is 2.34. The summed E-state index contributed by atoms with van der Waals surface area (Å²) in [6.07, 6.45) is 2.34. The largest absolute Gasteiger partial charge is 0.444 e. The van der Waals surface area contributed by atoms with E-state index in [9.17, 15) is 4.79 Å². The zero-order valence-electron chi connectivity index (χ0n) is 10.1. The van der Waals surface area contributed by atoms with Gasteiger partial charge in [-0.05, 0) is 40.0 Å². The summed E-state index contributed by atoms with van der Waals surface area (Å²) in [6.45, 7) is 5.54. The summed E-state index contributed by atoms with van der Waals surface area (Å²) >= 11 is 4.94. The van der Waals surface area contributed by atoms with Crippen LogP contribution in [0.5, 0.6) is 0 Å². The smallest absolute Gasteiger partial charge is 0.407 e. The SMILES string of the molecule is CC(C)(C)OC(=O)N[C@H]1CCC(C(N)=S)C1. The van der Waals surface area contributed by atoms with Crippen molar-refractivity contribution in [3.8, 4) is 0 Å². The van der Waals surface area contributed by atoms with Crippen LogP contribution in [-0.2, 0) is 4.74 Å². The van der Waals surface area contributed by atoms with Crippen molar-refractivity contribution in [1.29, 1.82) is 0 Å². The van der Waals surface area contributed by atoms with E-state index in [2.05, 4.69) is 5.32 Å². The number of alkyl carbamates (subject to hydrolysis) is 1. The fourth-order valence-electron chi connectivity index (χ4n) is 1.85. The zero-order chi connectivity index (χ0) is 12.3. The lowest BCUT2D eigenvalue weighted by molar-refractivity contribution is 0.0505. The van der Waals surface area contributed by atoms with E-state index >= 15 is 0 Å². The van der Waals surface area contributed by atoms with Gasteiger partial charge in [-0.25, -0.2) is 4.79 Å². The quantitative estimate of drug-likeness (QED) is 0.729. The second kappa shape index (κ2) is 4.99. The van der Waals surface area contributed by atoms with Crippen molar-refractivity contribution in [2.45, 2.75) is 51.7 Å². The fourth-order valence-corrected chi connectivity index (χ4v) is 2.06. The van der Waals surface area contributed by atoms with Crippen molar-refractivity contribution in [2.75, 3.05) is 0 Å². The molecule has 2 atom stereocenters. The lowest BCUT2D eigenvalue weighted by Crippen LogP contribution is -2.38. The molecule has 1 aliphatic rings. The number of carbonyl (C=O) groups excluding carboxylic acids is 1. The molecule has 3 N–H and O–H groups in total. The highest BCUT2D eigenvalue weighted by Crippen LogP contribution is 2.25. The van der Waals surface area contributed by atoms with Gasteiger partial charge in [-0.15, -0.1) is 0 Å². The number of rotatable bonds is 2. The Bertz CT molecular complexity index is 286. The third-order valence-electron chi connectivity index (χ3n) is 2.56. The van der Waals surface area contributed by atoms with Gasteiger partial charge in [0.2, 0.25) is 0 Å². The van der Waals surface area contributed by atoms with E-state index in [0.29, 0.717) is 4.99 Å². The summed E-state index contributed by atoms with van der Waals surface area (Å²) in [5, 5.41) is 2.84. The maximum atomic E-state index is 11.5. The van der Waals surface area contributed by atoms with Crippen LogP contribution in [0.25, 0.3) is 0 Å². The van der Waals surface area contributed by atoms with Gasteiger partial charge in [0.05, 0.1) is 4.99 Å². The van der Waals surface area contributed by atoms with Gasteiger partial charge >= 0.3 is 6.09 Å². The van der Waals surface area contributed by atoms with Crippen LogP contribution in [-0.4, -0.2) is 22.7 Å². The molecule has 0 aromatic rings. The number of hydrogen-bond acceptors (Lipinski definition) is 3. The van der Waals surface area contributed by atoms with Crippen LogP contribution in [0, 0.1) is 5.92 Å². The molecule has 5 heteroatoms. The Labute approximate surface area is 102 Å². The average molecular weight is 244 g/mol. The van der Waals surface area contributed by atoms with Crippen molar-refractivity contribution in [2.24, 2.45) is 11.7 Å². The molecule has 1 saturated carbocycles. The molecule has 0 saturated heterocycles. The Morgan fingerprint density at radius 2 is 2.06 bits per heavy atom. The molecule has 1 fully saturated rings. The molecule has 16 heavy (non-hydrogen) atoms. The van der Waals surface area contributed by atoms with Crippen LogP contribution in [0.4, 0.5) is 4.79 Å². The monoisotopic (exact) mass is 244 g/mol. The highest BCUT2D eigenvalue weighted by Gasteiger charge is 2.28. The number of nitrogens with one attached hydrogen (secondary N) is 1. The summed E-state index contributed by atoms with van der Waals surface area (Å²) in [7, 11) is 0. The molecule has 0 heterocycles. The van der Waals surface area contributed by atoms with Crippen molar-refractivity contribution in [3.05, 3.63) is 0 Å². The topological polar surface area (TPSA) is 64.3 Å². The molecule has 0 bridgehead atoms. The first-order valence-corrected chi connectivity index (χ1v) is 5.97. The molecule has 0 aromatic heterocycles. The summed E-state index contributed by atoms with van der Waals surface area (Å²) in [5.41, 5.74) is 5.13. The second-order valence-corrected chi connectivity index (χ2v) is 5.73. The van der Waals surface area contributed by atoms with Gasteiger partial charge in [0.25, 0.3) is 0 Å². The van der Waals surface area contributed by atoms with Gasteiger partial charge in [0.1, 0.15) is 5.60 Å². The molecule has 92 valence electrons. The van der Waals surface area contributed by atoms with Gasteiger partial charge < -0.3 is 15.8 Å². The first-order chi connectivity index (χ1) is 7.28. The lowest BCUT2D eigenvalue weighted by Gasteiger charge is -2.21. The van der Waals surface area contributed by atoms with Crippen LogP contribution in [0.2, 0.25) is 0 Å². The maximum Gasteiger partial charge on any atom is 0.407 e. The second-order valence-electron chi connectivity index (χ2n) is 5.26. The van der Waals surface area contributed by atoms with E-state index in [1.807, 2.05) is 20.8 Å². The molecule has 0 radical (unpaired) electrons. The number of amides is 1. The molecule has 1 unspecified atom stereocenters. The Morgan fingerprint density at radius 1 is 1.44 bits per heavy atom. The van der Waals surface area contributed by atoms with Gasteiger partial charge in [-0.3, -0.25) is 0 Å². The number of hydrogen-bond donors (Lipinski definition) is 2. The van der Waals surface area contributed by atoms with Crippen LogP contribution >= 0.6 is 12.2 Å². The maximum absolute atomic E-state index is 11.5. The van der Waals surface area contributed by atoms with Gasteiger partial charge in [-0.2, -0.15) is 0 Å². The first-order valence-electron chi connectivity index (χ1n) is 5.57. The molecule has 4 nitrogen and oxygen atoms in total. The first kappa shape index (κ1) is 13.2. The minimum absolute atomic E-state index is 0.140. The number of ether oxygens (including phenoxy) is 1. The highest BCUT2D eigenvalue weighted by atomic mass is 32.1. The fraction of sp³-hybridized carbons (Fsp3) is 0.818. The van der Waals surface area contributed by atoms with Crippen molar-refractivity contribution >= 4 is 23.3 Å². The molecule has 0 aromatic carbocycles. The average Bonchev–Trinajstić information content (AvgIpc) is 2.48. The summed E-state index contributed by atoms with van der Waals surface area (Å²) in [4.78, 5) is 12.0. The third-order valence-corrected chi connectivity index (χ3v) is 2.89. The van der Waals surface area contributed by atoms with E-state index in [0.717, 1.165) is 19.3 Å². The Hall–Kier alpha value is -0.840. The molecule has 1 rings (SSSR count). The molecular weight excluding hydrogens is 224 g/mol. The standard InChI is InChI=1S/C11H20N2O2S/c1-11(2,3)15-10(14)13-8-5-4-7(6-8)9(12)16/h7-8H,4-6H2,1-3H3,(H2,12,16)(H,13,14)/t7?,8-/m0/s1. The number of nitrogens with two attached hydrogens (primary N) is 1. The van der Waals surface area contributed by atoms with Crippen molar-refractivity contribution in [1.82, 2.24) is 5.32 Å². The third kappa shape index (κ3) is 4.35. The van der Waals surface area contributed by atoms with Crippen LogP contribution < -0.4 is 11.1 Å². The lowest BCUT2D eigenvalue weighted by atomic mass is 10.1. The van der Waals surface area contributed by atoms with Gasteiger partial charge in [0.15, 0.2) is 0 Å². The molecule has 0 aliphatic heterocycles. The van der Waals surface area contributed by atoms with E-state index in [4.69, 9.17) is 22.7 Å². The minimum atomic E-state index is -0.453. The van der Waals surface area contributed by atoms with E-state index in [1.165, 1.54) is 0 Å². The molecule has 1 amide bonds. The summed E-state index contributed by atoms with van der Waals surface area (Å²) < 4.78 is 5.18. The Kier molecular flexibility index (Phi) is 4.13. The summed E-state index contributed by atoms with van der Waals surface area (Å²) in [6, 6.07) is 0.140. The highest BCUT2D eigenvalue weighted by molar-refractivity contribution is 7.80. The van der Waals surface area contributed by atoms with E-state index in [-0.39, 0.29) is 18.1 Å². The van der Waals surface area contributed by atoms with Crippen LogP contribution in [0.3, 0.4) is 0 Å². The van der Waals surface area contributed by atoms with E-state index in [1.54, 1.807) is 0 Å². The Morgan fingerprint density at radius 3 is 2.50 bits per heavy atom. The number of carbonyl (C=O) groups is 1. The normalized spacial score (nSPS) is 25.2. The van der Waals surface area contributed by atoms with Crippen LogP contribution in [0.15, 0.2) is 0 Å². The zero-order valence-corrected chi connectivity index (χ0v) is 10.9. The van der Waals surface area contributed by atoms with Crippen LogP contribution in [0.1, 0.15) is 40.0 Å². The predicted octanol–water partition coefficient (Wildman–Crippen LogP) is 1.97. The number of thiocarbonyl (C=S) groups is 1. The predicted molar refractivity (Wildman–Crippen MR) is 67.3 cm³/mol. The van der Waals surface area contributed by atoms with Gasteiger partial charge in [0, 0.05) is 12.0 Å². The minimum Gasteiger partial charge on any atom is -0.444 e. The van der Waals surface area contributed by atoms with E-state index < -0.39 is 5.60 Å². The molecule has 1 aliphatic carbocycles. The summed E-state index contributed by atoms with van der Waals surface area (Å²) in [5.74, 6) is 0.259. The van der Waals surface area contributed by atoms with Gasteiger partial charge in [-0.1, -0.05) is 12.2 Å². The molecular formula is C11H20N2O2S. The van der Waals surface area contributed by atoms with Crippen molar-refractivity contribution < 1.29 is 9.53 Å².